The molecule has 3 aromatic rings. The van der Waals surface area contributed by atoms with Crippen LogP contribution in [0.1, 0.15) is 37.5 Å². The Kier molecular flexibility index (Phi) is 9.01. The van der Waals surface area contributed by atoms with E-state index in [9.17, 15) is 19.3 Å². The highest BCUT2D eigenvalue weighted by molar-refractivity contribution is 5.97. The third-order valence-corrected chi connectivity index (χ3v) is 5.62. The average Bonchev–Trinajstić information content (AvgIpc) is 2.87. The van der Waals surface area contributed by atoms with Gasteiger partial charge in [-0.1, -0.05) is 24.3 Å². The van der Waals surface area contributed by atoms with Gasteiger partial charge in [0.2, 0.25) is 5.91 Å². The number of hydrogen-bond donors (Lipinski definition) is 2. The molecule has 0 aliphatic heterocycles. The zero-order chi connectivity index (χ0) is 27.9. The molecule has 0 saturated carbocycles. The highest BCUT2D eigenvalue weighted by atomic mass is 16.6. The fourth-order valence-corrected chi connectivity index (χ4v) is 3.67. The number of ether oxygens (including phenoxy) is 2. The molecule has 38 heavy (non-hydrogen) atoms. The molecule has 0 fully saturated rings. The zero-order valence-electron chi connectivity index (χ0n) is 22.1. The Hall–Kier alpha value is -4.47. The highest BCUT2D eigenvalue weighted by Gasteiger charge is 2.26. The number of alkyl carbamates (subject to hydrolysis) is 1. The van der Waals surface area contributed by atoms with E-state index < -0.39 is 23.6 Å². The number of amides is 2. The van der Waals surface area contributed by atoms with Crippen LogP contribution < -0.4 is 20.9 Å². The molecule has 0 aliphatic rings. The van der Waals surface area contributed by atoms with Gasteiger partial charge in [-0.05, 0) is 79.9 Å². The second kappa shape index (κ2) is 12.2. The van der Waals surface area contributed by atoms with E-state index in [0.29, 0.717) is 23.4 Å². The fraction of sp³-hybridized carbons (Fsp3) is 0.321. The Morgan fingerprint density at radius 1 is 1.00 bits per heavy atom. The highest BCUT2D eigenvalue weighted by Crippen LogP contribution is 2.17. The van der Waals surface area contributed by atoms with Crippen molar-refractivity contribution < 1.29 is 19.1 Å². The van der Waals surface area contributed by atoms with Crippen LogP contribution in [-0.4, -0.2) is 35.3 Å². The normalized spacial score (nSPS) is 11.8. The van der Waals surface area contributed by atoms with Gasteiger partial charge >= 0.3 is 6.09 Å². The van der Waals surface area contributed by atoms with Crippen LogP contribution >= 0.6 is 0 Å². The second-order valence-electron chi connectivity index (χ2n) is 9.80. The van der Waals surface area contributed by atoms with Crippen LogP contribution in [0.3, 0.4) is 0 Å². The largest absolute Gasteiger partial charge is 0.497 e. The quantitative estimate of drug-likeness (QED) is 0.394. The molecule has 1 aromatic heterocycles. The van der Waals surface area contributed by atoms with E-state index in [1.165, 1.54) is 16.7 Å². The third kappa shape index (κ3) is 7.76. The van der Waals surface area contributed by atoms with Crippen molar-refractivity contribution in [2.24, 2.45) is 5.18 Å². The van der Waals surface area contributed by atoms with E-state index in [1.807, 2.05) is 24.3 Å². The van der Waals surface area contributed by atoms with E-state index in [2.05, 4.69) is 15.8 Å². The summed E-state index contributed by atoms with van der Waals surface area (Å²) in [7, 11) is 1.58. The first-order valence-corrected chi connectivity index (χ1v) is 12.0. The maximum atomic E-state index is 13.4. The molecule has 3 rings (SSSR count). The average molecular weight is 521 g/mol. The lowest BCUT2D eigenvalue weighted by Gasteiger charge is -2.23. The summed E-state index contributed by atoms with van der Waals surface area (Å²) in [5.74, 6) is 0.120. The molecule has 0 bridgehead atoms. The van der Waals surface area contributed by atoms with E-state index >= 15 is 0 Å². The van der Waals surface area contributed by atoms with Gasteiger partial charge in [-0.15, -0.1) is 4.91 Å². The van der Waals surface area contributed by atoms with Crippen LogP contribution in [0.25, 0.3) is 0 Å². The summed E-state index contributed by atoms with van der Waals surface area (Å²) in [6.07, 6.45) is 0.984. The van der Waals surface area contributed by atoms with Gasteiger partial charge in [-0.25, -0.2) is 4.79 Å². The van der Waals surface area contributed by atoms with Gasteiger partial charge in [0.25, 0.3) is 5.56 Å². The predicted molar refractivity (Wildman–Crippen MR) is 145 cm³/mol. The minimum absolute atomic E-state index is 0.0934. The van der Waals surface area contributed by atoms with Gasteiger partial charge in [-0.2, -0.15) is 0 Å². The molecule has 200 valence electrons. The fourth-order valence-electron chi connectivity index (χ4n) is 3.67. The molecule has 0 aliphatic carbocycles. The van der Waals surface area contributed by atoms with Crippen LogP contribution in [0.4, 0.5) is 16.2 Å². The molecule has 0 saturated heterocycles. The minimum atomic E-state index is -1.06. The summed E-state index contributed by atoms with van der Waals surface area (Å²) >= 11 is 0. The molecule has 2 aromatic carbocycles. The molecule has 1 unspecified atom stereocenters. The number of benzene rings is 2. The Labute approximate surface area is 220 Å². The Morgan fingerprint density at radius 2 is 1.63 bits per heavy atom. The number of nitrogens with one attached hydrogen (secondary N) is 2. The number of hydrogen-bond acceptors (Lipinski definition) is 7. The third-order valence-electron chi connectivity index (χ3n) is 5.62. The summed E-state index contributed by atoms with van der Waals surface area (Å²) in [5, 5.41) is 8.17. The molecule has 1 atom stereocenters. The lowest BCUT2D eigenvalue weighted by Crippen LogP contribution is -2.47. The lowest BCUT2D eigenvalue weighted by molar-refractivity contribution is -0.118. The van der Waals surface area contributed by atoms with E-state index in [4.69, 9.17) is 9.47 Å². The van der Waals surface area contributed by atoms with Crippen LogP contribution in [-0.2, 0) is 22.5 Å². The van der Waals surface area contributed by atoms with E-state index in [0.717, 1.165) is 5.56 Å². The Morgan fingerprint density at radius 3 is 2.21 bits per heavy atom. The van der Waals surface area contributed by atoms with Gasteiger partial charge in [0.15, 0.2) is 0 Å². The molecule has 0 radical (unpaired) electrons. The minimum Gasteiger partial charge on any atom is -0.497 e. The summed E-state index contributed by atoms with van der Waals surface area (Å²) in [6.45, 7) is 7.15. The Bertz CT molecular complexity index is 1340. The van der Waals surface area contributed by atoms with Gasteiger partial charge in [0.05, 0.1) is 13.7 Å². The summed E-state index contributed by atoms with van der Waals surface area (Å²) < 4.78 is 12.0. The standard InChI is InChI=1S/C28H32N4O6/c1-18-14-15-32(17-20-8-12-22(37-5)13-9-20)26(34)24(18)30-25(33)23(29-27(35)38-28(2,3)4)16-19-6-10-21(31-36)11-7-19/h6-15,23H,16-17H2,1-5H3,(H,29,35)(H,30,33). The first-order valence-electron chi connectivity index (χ1n) is 12.0. The van der Waals surface area contributed by atoms with Crippen LogP contribution in [0, 0.1) is 11.8 Å². The summed E-state index contributed by atoms with van der Waals surface area (Å²) in [5.41, 5.74) is 1.34. The van der Waals surface area contributed by atoms with Crippen molar-refractivity contribution >= 4 is 23.4 Å². The topological polar surface area (TPSA) is 128 Å². The maximum absolute atomic E-state index is 13.4. The SMILES string of the molecule is COc1ccc(Cn2ccc(C)c(NC(=O)C(Cc3ccc(N=O)cc3)NC(=O)OC(C)(C)C)c2=O)cc1. The van der Waals surface area contributed by atoms with Gasteiger partial charge in [-0.3, -0.25) is 9.59 Å². The van der Waals surface area contributed by atoms with Crippen molar-refractivity contribution in [2.75, 3.05) is 12.4 Å². The van der Waals surface area contributed by atoms with Crippen molar-refractivity contribution in [1.82, 2.24) is 9.88 Å². The molecule has 2 N–H and O–H groups in total. The van der Waals surface area contributed by atoms with Crippen molar-refractivity contribution in [3.8, 4) is 5.75 Å². The molecule has 2 amide bonds. The van der Waals surface area contributed by atoms with Crippen LogP contribution in [0.15, 0.2) is 70.8 Å². The Balaban J connectivity index is 1.85. The first kappa shape index (κ1) is 28.1. The number of carbonyl (C=O) groups is 2. The van der Waals surface area contributed by atoms with Crippen molar-refractivity contribution in [3.05, 3.63) is 92.7 Å². The van der Waals surface area contributed by atoms with E-state index in [1.54, 1.807) is 59.2 Å². The molecular weight excluding hydrogens is 488 g/mol. The predicted octanol–water partition coefficient (Wildman–Crippen LogP) is 4.69. The molecular formula is C28H32N4O6. The molecule has 1 heterocycles. The monoisotopic (exact) mass is 520 g/mol. The number of aryl methyl sites for hydroxylation is 1. The van der Waals surface area contributed by atoms with Crippen molar-refractivity contribution in [1.29, 1.82) is 0 Å². The zero-order valence-corrected chi connectivity index (χ0v) is 22.1. The van der Waals surface area contributed by atoms with Crippen LogP contribution in [0.5, 0.6) is 5.75 Å². The summed E-state index contributed by atoms with van der Waals surface area (Å²) in [6, 6.07) is 14.3. The maximum Gasteiger partial charge on any atom is 0.408 e. The van der Waals surface area contributed by atoms with Gasteiger partial charge in [0, 0.05) is 12.6 Å². The second-order valence-corrected chi connectivity index (χ2v) is 9.80. The number of rotatable bonds is 9. The molecule has 0 spiro atoms. The molecule has 10 nitrogen and oxygen atoms in total. The number of anilines is 1. The number of nitroso groups, excluding NO2 is 1. The number of pyridine rings is 1. The summed E-state index contributed by atoms with van der Waals surface area (Å²) in [4.78, 5) is 49.9. The van der Waals surface area contributed by atoms with Gasteiger partial charge < -0.3 is 24.7 Å². The van der Waals surface area contributed by atoms with Gasteiger partial charge in [0.1, 0.15) is 28.8 Å². The lowest BCUT2D eigenvalue weighted by atomic mass is 10.0. The number of aromatic nitrogens is 1. The van der Waals surface area contributed by atoms with Crippen molar-refractivity contribution in [3.63, 3.8) is 0 Å². The number of nitrogens with zero attached hydrogens (tertiary/aromatic N) is 2. The number of carbonyl (C=O) groups excluding carboxylic acids is 2. The van der Waals surface area contributed by atoms with E-state index in [-0.39, 0.29) is 23.4 Å². The van der Waals surface area contributed by atoms with Crippen molar-refractivity contribution in [2.45, 2.75) is 52.3 Å². The first-order chi connectivity index (χ1) is 18.0. The smallest absolute Gasteiger partial charge is 0.408 e. The molecule has 10 heteroatoms. The van der Waals surface area contributed by atoms with Crippen LogP contribution in [0.2, 0.25) is 0 Å². The number of methoxy groups -OCH3 is 1.